The second kappa shape index (κ2) is 8.52. The molecule has 27 heavy (non-hydrogen) atoms. The van der Waals surface area contributed by atoms with Gasteiger partial charge in [-0.2, -0.15) is 0 Å². The fourth-order valence-corrected chi connectivity index (χ4v) is 2.31. The van der Waals surface area contributed by atoms with Crippen LogP contribution in [0.2, 0.25) is 0 Å². The molecule has 1 aromatic carbocycles. The van der Waals surface area contributed by atoms with Crippen molar-refractivity contribution in [1.82, 2.24) is 9.97 Å². The van der Waals surface area contributed by atoms with Crippen molar-refractivity contribution in [3.63, 3.8) is 0 Å². The molecule has 2 N–H and O–H groups in total. The Morgan fingerprint density at radius 1 is 1.00 bits per heavy atom. The Kier molecular flexibility index (Phi) is 6.16. The van der Waals surface area contributed by atoms with Crippen LogP contribution in [-0.2, 0) is 4.79 Å². The zero-order valence-corrected chi connectivity index (χ0v) is 14.7. The van der Waals surface area contributed by atoms with Gasteiger partial charge in [0.1, 0.15) is 12.0 Å². The lowest BCUT2D eigenvalue weighted by atomic mass is 10.1. The highest BCUT2D eigenvalue weighted by atomic mass is 16.6. The molecule has 0 aliphatic heterocycles. The standard InChI is InChI=1S/C19H17N3O5/c1-12(9-14-4-6-15(7-5-14)10-13(2)11-23)3-8-16-17(22(26)27)18(24)21-19(25)20-16/h3-11H,1-2H3,(H2,20,21,24,25)/b8-3+,12-9+,13-10+. The van der Waals surface area contributed by atoms with Crippen molar-refractivity contribution >= 4 is 30.2 Å². The Labute approximate surface area is 153 Å². The first-order valence-corrected chi connectivity index (χ1v) is 7.91. The molecule has 0 radical (unpaired) electrons. The number of benzene rings is 1. The highest BCUT2D eigenvalue weighted by Gasteiger charge is 2.18. The SMILES string of the molecule is C/C(C=O)=C\c1ccc(/C=C(C)/C=C/c2[nH]c(=O)[nH]c(=O)c2[N+](=O)[O-])cc1. The average Bonchev–Trinajstić information content (AvgIpc) is 2.60. The summed E-state index contributed by atoms with van der Waals surface area (Å²) in [6, 6.07) is 7.43. The number of carbonyl (C=O) groups is 1. The number of H-pyrrole nitrogens is 2. The number of aldehydes is 1. The summed E-state index contributed by atoms with van der Waals surface area (Å²) in [7, 11) is 0. The van der Waals surface area contributed by atoms with Crippen molar-refractivity contribution in [2.75, 3.05) is 0 Å². The van der Waals surface area contributed by atoms with Gasteiger partial charge in [-0.3, -0.25) is 24.7 Å². The van der Waals surface area contributed by atoms with Gasteiger partial charge < -0.3 is 4.98 Å². The quantitative estimate of drug-likeness (QED) is 0.267. The van der Waals surface area contributed by atoms with E-state index in [0.717, 1.165) is 23.0 Å². The molecule has 0 amide bonds. The van der Waals surface area contributed by atoms with E-state index in [0.29, 0.717) is 5.57 Å². The van der Waals surface area contributed by atoms with E-state index in [1.54, 1.807) is 26.0 Å². The number of nitrogens with zero attached hydrogens (tertiary/aromatic N) is 1. The van der Waals surface area contributed by atoms with E-state index >= 15 is 0 Å². The van der Waals surface area contributed by atoms with Crippen LogP contribution in [0.25, 0.3) is 18.2 Å². The lowest BCUT2D eigenvalue weighted by Crippen LogP contribution is -2.25. The van der Waals surface area contributed by atoms with Crippen molar-refractivity contribution in [3.8, 4) is 0 Å². The molecule has 0 bridgehead atoms. The van der Waals surface area contributed by atoms with Gasteiger partial charge in [0.2, 0.25) is 0 Å². The van der Waals surface area contributed by atoms with Gasteiger partial charge in [0.15, 0.2) is 0 Å². The summed E-state index contributed by atoms with van der Waals surface area (Å²) in [5, 5.41) is 11.0. The molecule has 138 valence electrons. The Hall–Kier alpha value is -3.81. The molecule has 0 fully saturated rings. The number of allylic oxidation sites excluding steroid dienone is 3. The van der Waals surface area contributed by atoms with Crippen LogP contribution in [0.4, 0.5) is 5.69 Å². The average molecular weight is 367 g/mol. The summed E-state index contributed by atoms with van der Waals surface area (Å²) < 4.78 is 0. The molecule has 2 aromatic rings. The lowest BCUT2D eigenvalue weighted by molar-refractivity contribution is -0.386. The molecule has 0 spiro atoms. The van der Waals surface area contributed by atoms with E-state index in [1.165, 1.54) is 6.08 Å². The summed E-state index contributed by atoms with van der Waals surface area (Å²) in [4.78, 5) is 47.8. The third-order valence-electron chi connectivity index (χ3n) is 3.55. The van der Waals surface area contributed by atoms with Gasteiger partial charge in [0, 0.05) is 0 Å². The number of rotatable bonds is 6. The van der Waals surface area contributed by atoms with Crippen LogP contribution in [0.1, 0.15) is 30.7 Å². The topological polar surface area (TPSA) is 126 Å². The van der Waals surface area contributed by atoms with Crippen molar-refractivity contribution < 1.29 is 9.72 Å². The monoisotopic (exact) mass is 367 g/mol. The lowest BCUT2D eigenvalue weighted by Gasteiger charge is -1.99. The second-order valence-corrected chi connectivity index (χ2v) is 5.82. The van der Waals surface area contributed by atoms with Crippen LogP contribution in [0.15, 0.2) is 51.1 Å². The molecule has 2 rings (SSSR count). The number of carbonyl (C=O) groups excluding carboxylic acids is 1. The zero-order chi connectivity index (χ0) is 20.0. The Bertz CT molecular complexity index is 1070. The molecule has 0 saturated carbocycles. The van der Waals surface area contributed by atoms with E-state index in [-0.39, 0.29) is 5.69 Å². The smallest absolute Gasteiger partial charge is 0.301 e. The van der Waals surface area contributed by atoms with E-state index in [9.17, 15) is 24.5 Å². The first kappa shape index (κ1) is 19.5. The molecule has 8 nitrogen and oxygen atoms in total. The van der Waals surface area contributed by atoms with Gasteiger partial charge in [-0.1, -0.05) is 42.0 Å². The van der Waals surface area contributed by atoms with E-state index < -0.39 is 21.9 Å². The molecule has 0 unspecified atom stereocenters. The van der Waals surface area contributed by atoms with Gasteiger partial charge in [0.25, 0.3) is 0 Å². The first-order chi connectivity index (χ1) is 12.8. The molecule has 0 aliphatic carbocycles. The predicted molar refractivity (Wildman–Crippen MR) is 103 cm³/mol. The number of hydrogen-bond acceptors (Lipinski definition) is 5. The molecule has 0 aliphatic rings. The maximum Gasteiger partial charge on any atom is 0.357 e. The second-order valence-electron chi connectivity index (χ2n) is 5.82. The number of aromatic nitrogens is 2. The van der Waals surface area contributed by atoms with Crippen LogP contribution in [0, 0.1) is 10.1 Å². The molecule has 1 heterocycles. The zero-order valence-electron chi connectivity index (χ0n) is 14.7. The molecule has 0 saturated heterocycles. The van der Waals surface area contributed by atoms with Crippen molar-refractivity contribution in [2.24, 2.45) is 0 Å². The van der Waals surface area contributed by atoms with Gasteiger partial charge in [-0.25, -0.2) is 4.79 Å². The van der Waals surface area contributed by atoms with Crippen molar-refractivity contribution in [3.05, 3.63) is 89.3 Å². The van der Waals surface area contributed by atoms with Gasteiger partial charge in [-0.15, -0.1) is 0 Å². The number of aromatic amines is 2. The van der Waals surface area contributed by atoms with Crippen LogP contribution in [0.5, 0.6) is 0 Å². The third kappa shape index (κ3) is 5.33. The minimum atomic E-state index is -1.06. The van der Waals surface area contributed by atoms with Crippen LogP contribution in [-0.4, -0.2) is 21.2 Å². The van der Waals surface area contributed by atoms with Crippen molar-refractivity contribution in [2.45, 2.75) is 13.8 Å². The van der Waals surface area contributed by atoms with Crippen molar-refractivity contribution in [1.29, 1.82) is 0 Å². The summed E-state index contributed by atoms with van der Waals surface area (Å²) >= 11 is 0. The highest BCUT2D eigenvalue weighted by molar-refractivity contribution is 5.80. The fourth-order valence-electron chi connectivity index (χ4n) is 2.31. The van der Waals surface area contributed by atoms with E-state index in [4.69, 9.17) is 0 Å². The highest BCUT2D eigenvalue weighted by Crippen LogP contribution is 2.14. The maximum atomic E-state index is 11.6. The van der Waals surface area contributed by atoms with Gasteiger partial charge in [-0.05, 0) is 42.7 Å². The molecule has 8 heteroatoms. The van der Waals surface area contributed by atoms with E-state index in [2.05, 4.69) is 4.98 Å². The van der Waals surface area contributed by atoms with Crippen LogP contribution >= 0.6 is 0 Å². The largest absolute Gasteiger partial charge is 0.357 e. The minimum Gasteiger partial charge on any atom is -0.301 e. The Morgan fingerprint density at radius 3 is 2.07 bits per heavy atom. The summed E-state index contributed by atoms with van der Waals surface area (Å²) in [5.74, 6) is 0. The molecule has 0 atom stereocenters. The molecule has 1 aromatic heterocycles. The summed E-state index contributed by atoms with van der Waals surface area (Å²) in [5.41, 5.74) is 0.365. The minimum absolute atomic E-state index is 0.175. The summed E-state index contributed by atoms with van der Waals surface area (Å²) in [6.45, 7) is 3.49. The molecular weight excluding hydrogens is 350 g/mol. The van der Waals surface area contributed by atoms with Crippen LogP contribution in [0.3, 0.4) is 0 Å². The fraction of sp³-hybridized carbons (Fsp3) is 0.105. The Morgan fingerprint density at radius 2 is 1.56 bits per heavy atom. The number of nitro groups is 1. The summed E-state index contributed by atoms with van der Waals surface area (Å²) in [6.07, 6.45) is 7.23. The normalized spacial score (nSPS) is 12.4. The first-order valence-electron chi connectivity index (χ1n) is 7.91. The van der Waals surface area contributed by atoms with Gasteiger partial charge >= 0.3 is 16.9 Å². The Balaban J connectivity index is 2.28. The van der Waals surface area contributed by atoms with Crippen LogP contribution < -0.4 is 11.2 Å². The predicted octanol–water partition coefficient (Wildman–Crippen LogP) is 2.69. The number of hydrogen-bond donors (Lipinski definition) is 2. The number of nitrogens with one attached hydrogen (secondary N) is 2. The van der Waals surface area contributed by atoms with E-state index in [1.807, 2.05) is 35.3 Å². The third-order valence-corrected chi connectivity index (χ3v) is 3.55. The maximum absolute atomic E-state index is 11.6. The van der Waals surface area contributed by atoms with Gasteiger partial charge in [0.05, 0.1) is 4.92 Å². The molecular formula is C19H17N3O5.